The number of rotatable bonds is 2. The summed E-state index contributed by atoms with van der Waals surface area (Å²) in [4.78, 5) is 22.4. The SMILES string of the molecule is CN1N=C(O[C@@H]2c3ccc([N+](=O)[O-])cc3OC(C)(C)[C@H]2O)[C@H]2C[C@H]2C1=O. The van der Waals surface area contributed by atoms with Crippen LogP contribution in [0.15, 0.2) is 23.3 Å². The fourth-order valence-corrected chi connectivity index (χ4v) is 3.46. The van der Waals surface area contributed by atoms with Gasteiger partial charge in [0.15, 0.2) is 6.10 Å². The third-order valence-corrected chi connectivity index (χ3v) is 5.13. The Bertz CT molecular complexity index is 836. The van der Waals surface area contributed by atoms with Crippen LogP contribution in [0.25, 0.3) is 0 Å². The molecule has 0 aromatic heterocycles. The van der Waals surface area contributed by atoms with Crippen molar-refractivity contribution in [2.45, 2.75) is 38.1 Å². The number of carbonyl (C=O) groups excluding carboxylic acids is 1. The Labute approximate surface area is 149 Å². The van der Waals surface area contributed by atoms with E-state index in [1.807, 2.05) is 0 Å². The van der Waals surface area contributed by atoms with Gasteiger partial charge in [-0.25, -0.2) is 5.01 Å². The molecule has 1 amide bonds. The van der Waals surface area contributed by atoms with Gasteiger partial charge in [0.1, 0.15) is 17.5 Å². The van der Waals surface area contributed by atoms with Gasteiger partial charge in [0.05, 0.1) is 16.9 Å². The predicted molar refractivity (Wildman–Crippen MR) is 89.4 cm³/mol. The van der Waals surface area contributed by atoms with E-state index in [0.29, 0.717) is 23.6 Å². The van der Waals surface area contributed by atoms with E-state index < -0.39 is 22.7 Å². The number of hydrogen-bond acceptors (Lipinski definition) is 7. The third-order valence-electron chi connectivity index (χ3n) is 5.13. The van der Waals surface area contributed by atoms with Gasteiger partial charge in [-0.3, -0.25) is 14.9 Å². The second-order valence-electron chi connectivity index (χ2n) is 7.42. The molecule has 1 aliphatic carbocycles. The molecule has 9 heteroatoms. The first-order valence-electron chi connectivity index (χ1n) is 8.37. The summed E-state index contributed by atoms with van der Waals surface area (Å²) < 4.78 is 11.8. The van der Waals surface area contributed by atoms with Crippen molar-refractivity contribution < 1.29 is 24.3 Å². The van der Waals surface area contributed by atoms with Crippen LogP contribution in [0.4, 0.5) is 5.69 Å². The first kappa shape index (κ1) is 16.8. The molecule has 3 aliphatic rings. The van der Waals surface area contributed by atoms with Crippen molar-refractivity contribution >= 4 is 17.5 Å². The number of aliphatic hydroxyl groups is 1. The van der Waals surface area contributed by atoms with E-state index in [9.17, 15) is 20.0 Å². The highest BCUT2D eigenvalue weighted by atomic mass is 16.6. The van der Waals surface area contributed by atoms with Crippen molar-refractivity contribution in [1.82, 2.24) is 5.01 Å². The van der Waals surface area contributed by atoms with E-state index in [4.69, 9.17) is 9.47 Å². The molecular formula is C17H19N3O6. The minimum atomic E-state index is -1.01. The van der Waals surface area contributed by atoms with E-state index in [1.165, 1.54) is 23.2 Å². The first-order chi connectivity index (χ1) is 12.2. The van der Waals surface area contributed by atoms with Crippen LogP contribution < -0.4 is 4.74 Å². The van der Waals surface area contributed by atoms with Crippen LogP contribution in [0.3, 0.4) is 0 Å². The van der Waals surface area contributed by atoms with Crippen molar-refractivity contribution in [3.05, 3.63) is 33.9 Å². The minimum absolute atomic E-state index is 0.0359. The molecule has 0 saturated heterocycles. The third kappa shape index (κ3) is 2.50. The monoisotopic (exact) mass is 361 g/mol. The first-order valence-corrected chi connectivity index (χ1v) is 8.37. The fourth-order valence-electron chi connectivity index (χ4n) is 3.46. The van der Waals surface area contributed by atoms with E-state index in [2.05, 4.69) is 5.10 Å². The van der Waals surface area contributed by atoms with Gasteiger partial charge in [0.2, 0.25) is 11.8 Å². The highest BCUT2D eigenvalue weighted by Gasteiger charge is 2.54. The Morgan fingerprint density at radius 1 is 1.42 bits per heavy atom. The van der Waals surface area contributed by atoms with Crippen LogP contribution in [0, 0.1) is 22.0 Å². The molecule has 1 aromatic carbocycles. The lowest BCUT2D eigenvalue weighted by Gasteiger charge is -2.42. The van der Waals surface area contributed by atoms with Crippen LogP contribution in [-0.4, -0.2) is 45.6 Å². The summed E-state index contributed by atoms with van der Waals surface area (Å²) in [6.07, 6.45) is -1.13. The highest BCUT2D eigenvalue weighted by molar-refractivity contribution is 5.96. The molecular weight excluding hydrogens is 342 g/mol. The summed E-state index contributed by atoms with van der Waals surface area (Å²) in [6.45, 7) is 3.38. The van der Waals surface area contributed by atoms with Crippen LogP contribution in [-0.2, 0) is 9.53 Å². The van der Waals surface area contributed by atoms with Crippen molar-refractivity contribution in [3.63, 3.8) is 0 Å². The number of ether oxygens (including phenoxy) is 2. The molecule has 2 aliphatic heterocycles. The second kappa shape index (κ2) is 5.41. The van der Waals surface area contributed by atoms with Gasteiger partial charge in [0.25, 0.3) is 5.69 Å². The van der Waals surface area contributed by atoms with Gasteiger partial charge in [0, 0.05) is 24.6 Å². The molecule has 138 valence electrons. The topological polar surface area (TPSA) is 114 Å². The van der Waals surface area contributed by atoms with E-state index >= 15 is 0 Å². The number of hydrogen-bond donors (Lipinski definition) is 1. The molecule has 0 radical (unpaired) electrons. The summed E-state index contributed by atoms with van der Waals surface area (Å²) >= 11 is 0. The number of aliphatic hydroxyl groups excluding tert-OH is 1. The summed E-state index contributed by atoms with van der Waals surface area (Å²) in [5.41, 5.74) is -0.591. The van der Waals surface area contributed by atoms with E-state index in [-0.39, 0.29) is 23.4 Å². The zero-order valence-electron chi connectivity index (χ0n) is 14.6. The van der Waals surface area contributed by atoms with Gasteiger partial charge in [-0.2, -0.15) is 0 Å². The summed E-state index contributed by atoms with van der Waals surface area (Å²) in [6, 6.07) is 4.21. The number of fused-ring (bicyclic) bond motifs is 2. The fraction of sp³-hybridized carbons (Fsp3) is 0.529. The molecule has 4 rings (SSSR count). The molecule has 2 heterocycles. The zero-order valence-corrected chi connectivity index (χ0v) is 14.6. The lowest BCUT2D eigenvalue weighted by molar-refractivity contribution is -0.385. The molecule has 0 bridgehead atoms. The van der Waals surface area contributed by atoms with Gasteiger partial charge >= 0.3 is 0 Å². The lowest BCUT2D eigenvalue weighted by Crippen LogP contribution is -2.50. The minimum Gasteiger partial charge on any atom is -0.484 e. The maximum Gasteiger partial charge on any atom is 0.273 e. The average Bonchev–Trinajstić information content (AvgIpc) is 3.36. The maximum absolute atomic E-state index is 11.9. The van der Waals surface area contributed by atoms with E-state index in [1.54, 1.807) is 20.9 Å². The Morgan fingerprint density at radius 3 is 2.85 bits per heavy atom. The second-order valence-corrected chi connectivity index (χ2v) is 7.42. The van der Waals surface area contributed by atoms with Gasteiger partial charge in [-0.1, -0.05) is 0 Å². The summed E-state index contributed by atoms with van der Waals surface area (Å²) in [5.74, 6) is 0.481. The lowest BCUT2D eigenvalue weighted by atomic mass is 9.88. The van der Waals surface area contributed by atoms with Crippen LogP contribution in [0.2, 0.25) is 0 Å². The van der Waals surface area contributed by atoms with E-state index in [0.717, 1.165) is 0 Å². The Kier molecular flexibility index (Phi) is 3.49. The number of amides is 1. The van der Waals surface area contributed by atoms with Crippen molar-refractivity contribution in [1.29, 1.82) is 0 Å². The number of nitro benzene ring substituents is 1. The van der Waals surface area contributed by atoms with Crippen molar-refractivity contribution in [2.24, 2.45) is 16.9 Å². The average molecular weight is 361 g/mol. The molecule has 1 N–H and O–H groups in total. The molecule has 1 fully saturated rings. The normalized spacial score (nSPS) is 31.3. The Morgan fingerprint density at radius 2 is 2.15 bits per heavy atom. The summed E-state index contributed by atoms with van der Waals surface area (Å²) in [7, 11) is 1.57. The summed E-state index contributed by atoms with van der Waals surface area (Å²) in [5, 5.41) is 27.2. The molecule has 1 aromatic rings. The van der Waals surface area contributed by atoms with Gasteiger partial charge in [-0.05, 0) is 26.3 Å². The van der Waals surface area contributed by atoms with Gasteiger partial charge in [-0.15, -0.1) is 5.10 Å². The molecule has 4 atom stereocenters. The van der Waals surface area contributed by atoms with Crippen LogP contribution in [0.5, 0.6) is 5.75 Å². The van der Waals surface area contributed by atoms with Crippen molar-refractivity contribution in [3.8, 4) is 5.75 Å². The Balaban J connectivity index is 1.70. The van der Waals surface area contributed by atoms with Crippen molar-refractivity contribution in [2.75, 3.05) is 7.05 Å². The smallest absolute Gasteiger partial charge is 0.273 e. The molecule has 0 unspecified atom stereocenters. The number of hydrazone groups is 1. The molecule has 0 spiro atoms. The largest absolute Gasteiger partial charge is 0.484 e. The molecule has 26 heavy (non-hydrogen) atoms. The predicted octanol–water partition coefficient (Wildman–Crippen LogP) is 1.61. The maximum atomic E-state index is 11.9. The zero-order chi connectivity index (χ0) is 18.8. The quantitative estimate of drug-likeness (QED) is 0.632. The number of nitrogens with zero attached hydrogens (tertiary/aromatic N) is 3. The molecule has 1 saturated carbocycles. The molecule has 9 nitrogen and oxygen atoms in total. The number of nitro groups is 1. The highest BCUT2D eigenvalue weighted by Crippen LogP contribution is 2.48. The number of carbonyl (C=O) groups is 1. The Hall–Kier alpha value is -2.68. The standard InChI is InChI=1S/C17H19N3O6/c1-17(2)14(21)13(9-5-4-8(20(23)24)6-12(9)26-17)25-15-10-7-11(10)16(22)19(3)18-15/h4-6,10-11,13-14,21H,7H2,1-3H3/t10-,11+,13+,14-/m0/s1. The van der Waals surface area contributed by atoms with Gasteiger partial charge < -0.3 is 14.6 Å². The number of benzene rings is 1. The van der Waals surface area contributed by atoms with Crippen LogP contribution >= 0.6 is 0 Å². The number of non-ortho nitro benzene ring substituents is 1. The van der Waals surface area contributed by atoms with Crippen LogP contribution in [0.1, 0.15) is 31.9 Å².